The number of hydrogen-bond donors (Lipinski definition) is 1. The van der Waals surface area contributed by atoms with E-state index in [1.165, 1.54) is 0 Å². The Balaban J connectivity index is 2.50. The molecule has 0 saturated carbocycles. The molecule has 2 amide bonds. The molecular weight excluding hydrogens is 268 g/mol. The molecule has 21 heavy (non-hydrogen) atoms. The number of amides is 2. The monoisotopic (exact) mass is 298 g/mol. The molecule has 122 valence electrons. The van der Waals surface area contributed by atoms with E-state index in [0.29, 0.717) is 32.7 Å². The van der Waals surface area contributed by atoms with Gasteiger partial charge in [0.1, 0.15) is 0 Å². The van der Waals surface area contributed by atoms with Crippen molar-refractivity contribution >= 4 is 11.8 Å². The zero-order valence-electron chi connectivity index (χ0n) is 13.5. The Kier molecular flexibility index (Phi) is 8.30. The van der Waals surface area contributed by atoms with Crippen LogP contribution in [0.1, 0.15) is 33.1 Å². The number of rotatable bonds is 7. The van der Waals surface area contributed by atoms with Crippen molar-refractivity contribution in [2.45, 2.75) is 33.1 Å². The lowest BCUT2D eigenvalue weighted by molar-refractivity contribution is -0.152. The second-order valence-electron chi connectivity index (χ2n) is 5.57. The fourth-order valence-electron chi connectivity index (χ4n) is 2.56. The van der Waals surface area contributed by atoms with Gasteiger partial charge in [0, 0.05) is 52.4 Å². The zero-order chi connectivity index (χ0) is 15.7. The molecule has 0 aliphatic carbocycles. The molecule has 1 rings (SSSR count). The zero-order valence-corrected chi connectivity index (χ0v) is 13.5. The van der Waals surface area contributed by atoms with Crippen molar-refractivity contribution in [1.29, 1.82) is 0 Å². The Morgan fingerprint density at radius 1 is 1.05 bits per heavy atom. The first-order chi connectivity index (χ1) is 10.1. The Labute approximate surface area is 128 Å². The van der Waals surface area contributed by atoms with Crippen molar-refractivity contribution in [1.82, 2.24) is 14.7 Å². The van der Waals surface area contributed by atoms with Crippen LogP contribution in [0.2, 0.25) is 0 Å². The second-order valence-corrected chi connectivity index (χ2v) is 5.57. The third kappa shape index (κ3) is 5.63. The first kappa shape index (κ1) is 17.9. The molecule has 0 atom stereocenters. The van der Waals surface area contributed by atoms with E-state index in [4.69, 9.17) is 5.73 Å². The van der Waals surface area contributed by atoms with E-state index in [9.17, 15) is 9.59 Å². The maximum absolute atomic E-state index is 12.3. The Morgan fingerprint density at radius 3 is 2.24 bits per heavy atom. The largest absolute Gasteiger partial charge is 0.334 e. The maximum Gasteiger partial charge on any atom is 0.312 e. The van der Waals surface area contributed by atoms with Crippen LogP contribution in [-0.2, 0) is 9.59 Å². The molecule has 1 saturated heterocycles. The van der Waals surface area contributed by atoms with E-state index in [-0.39, 0.29) is 11.8 Å². The highest BCUT2D eigenvalue weighted by Crippen LogP contribution is 2.05. The van der Waals surface area contributed by atoms with Crippen LogP contribution in [0.25, 0.3) is 0 Å². The average molecular weight is 298 g/mol. The van der Waals surface area contributed by atoms with Crippen molar-refractivity contribution < 1.29 is 9.59 Å². The summed E-state index contributed by atoms with van der Waals surface area (Å²) in [5.41, 5.74) is 5.54. The van der Waals surface area contributed by atoms with Gasteiger partial charge in [0.05, 0.1) is 0 Å². The summed E-state index contributed by atoms with van der Waals surface area (Å²) in [4.78, 5) is 30.3. The summed E-state index contributed by atoms with van der Waals surface area (Å²) in [6.45, 7) is 9.81. The molecule has 1 fully saturated rings. The molecule has 1 heterocycles. The predicted molar refractivity (Wildman–Crippen MR) is 83.9 cm³/mol. The summed E-state index contributed by atoms with van der Waals surface area (Å²) in [6, 6.07) is 0. The van der Waals surface area contributed by atoms with E-state index >= 15 is 0 Å². The van der Waals surface area contributed by atoms with Crippen molar-refractivity contribution in [3.8, 4) is 0 Å². The lowest BCUT2D eigenvalue weighted by atomic mass is 10.2. The normalized spacial score (nSPS) is 16.0. The van der Waals surface area contributed by atoms with Gasteiger partial charge >= 0.3 is 11.8 Å². The number of piperazine rings is 1. The highest BCUT2D eigenvalue weighted by atomic mass is 16.2. The molecular formula is C15H30N4O2. The van der Waals surface area contributed by atoms with Crippen LogP contribution in [0.4, 0.5) is 0 Å². The number of carbonyl (C=O) groups excluding carboxylic acids is 2. The van der Waals surface area contributed by atoms with E-state index in [2.05, 4.69) is 11.8 Å². The SMILES string of the molecule is CCCCN(CCC)C(=O)C(=O)N1CCN(CCN)CC1. The fraction of sp³-hybridized carbons (Fsp3) is 0.867. The van der Waals surface area contributed by atoms with Gasteiger partial charge in [0.25, 0.3) is 0 Å². The molecule has 0 spiro atoms. The summed E-state index contributed by atoms with van der Waals surface area (Å²) in [5.74, 6) is -0.676. The molecule has 2 N–H and O–H groups in total. The smallest absolute Gasteiger partial charge is 0.312 e. The fourth-order valence-corrected chi connectivity index (χ4v) is 2.56. The van der Waals surface area contributed by atoms with Gasteiger partial charge in [-0.05, 0) is 12.8 Å². The highest BCUT2D eigenvalue weighted by molar-refractivity contribution is 6.34. The summed E-state index contributed by atoms with van der Waals surface area (Å²) in [5, 5.41) is 0. The summed E-state index contributed by atoms with van der Waals surface area (Å²) < 4.78 is 0. The first-order valence-corrected chi connectivity index (χ1v) is 8.14. The summed E-state index contributed by atoms with van der Waals surface area (Å²) >= 11 is 0. The van der Waals surface area contributed by atoms with Gasteiger partial charge in [-0.2, -0.15) is 0 Å². The Morgan fingerprint density at radius 2 is 1.71 bits per heavy atom. The number of hydrogen-bond acceptors (Lipinski definition) is 4. The lowest BCUT2D eigenvalue weighted by Gasteiger charge is -2.35. The molecule has 0 aromatic rings. The molecule has 0 aromatic heterocycles. The van der Waals surface area contributed by atoms with Crippen molar-refractivity contribution in [2.24, 2.45) is 5.73 Å². The quantitative estimate of drug-likeness (QED) is 0.678. The van der Waals surface area contributed by atoms with Crippen LogP contribution in [0.15, 0.2) is 0 Å². The van der Waals surface area contributed by atoms with Crippen molar-refractivity contribution in [3.05, 3.63) is 0 Å². The van der Waals surface area contributed by atoms with Crippen LogP contribution < -0.4 is 5.73 Å². The molecule has 0 radical (unpaired) electrons. The van der Waals surface area contributed by atoms with Crippen LogP contribution >= 0.6 is 0 Å². The van der Waals surface area contributed by atoms with Gasteiger partial charge in [-0.1, -0.05) is 20.3 Å². The van der Waals surface area contributed by atoms with E-state index in [1.54, 1.807) is 9.80 Å². The molecule has 1 aliphatic heterocycles. The second kappa shape index (κ2) is 9.73. The number of unbranched alkanes of at least 4 members (excludes halogenated alkanes) is 1. The average Bonchev–Trinajstić information content (AvgIpc) is 2.51. The minimum absolute atomic E-state index is 0.336. The first-order valence-electron chi connectivity index (χ1n) is 8.14. The predicted octanol–water partition coefficient (Wildman–Crippen LogP) is 0.128. The Bertz CT molecular complexity index is 328. The van der Waals surface area contributed by atoms with Crippen LogP contribution in [0, 0.1) is 0 Å². The van der Waals surface area contributed by atoms with Crippen LogP contribution in [0.5, 0.6) is 0 Å². The minimum atomic E-state index is -0.341. The number of nitrogens with two attached hydrogens (primary N) is 1. The van der Waals surface area contributed by atoms with E-state index < -0.39 is 0 Å². The van der Waals surface area contributed by atoms with E-state index in [1.807, 2.05) is 6.92 Å². The van der Waals surface area contributed by atoms with Gasteiger partial charge < -0.3 is 15.5 Å². The third-order valence-corrected chi connectivity index (χ3v) is 3.85. The number of nitrogens with zero attached hydrogens (tertiary/aromatic N) is 3. The minimum Gasteiger partial charge on any atom is -0.334 e. The van der Waals surface area contributed by atoms with Crippen LogP contribution in [-0.4, -0.2) is 78.9 Å². The van der Waals surface area contributed by atoms with E-state index in [0.717, 1.165) is 38.9 Å². The number of carbonyl (C=O) groups is 2. The molecule has 6 heteroatoms. The van der Waals surface area contributed by atoms with Crippen LogP contribution in [0.3, 0.4) is 0 Å². The topological polar surface area (TPSA) is 69.9 Å². The summed E-state index contributed by atoms with van der Waals surface area (Å²) in [6.07, 6.45) is 2.86. The van der Waals surface area contributed by atoms with Gasteiger partial charge in [-0.15, -0.1) is 0 Å². The maximum atomic E-state index is 12.3. The van der Waals surface area contributed by atoms with Gasteiger partial charge in [0.15, 0.2) is 0 Å². The molecule has 0 bridgehead atoms. The third-order valence-electron chi connectivity index (χ3n) is 3.85. The molecule has 6 nitrogen and oxygen atoms in total. The molecule has 0 aromatic carbocycles. The van der Waals surface area contributed by atoms with Crippen molar-refractivity contribution in [2.75, 3.05) is 52.4 Å². The highest BCUT2D eigenvalue weighted by Gasteiger charge is 2.28. The molecule has 1 aliphatic rings. The summed E-state index contributed by atoms with van der Waals surface area (Å²) in [7, 11) is 0. The lowest BCUT2D eigenvalue weighted by Crippen LogP contribution is -2.54. The van der Waals surface area contributed by atoms with Gasteiger partial charge in [0.2, 0.25) is 0 Å². The van der Waals surface area contributed by atoms with Gasteiger partial charge in [-0.3, -0.25) is 14.5 Å². The molecule has 0 unspecified atom stereocenters. The van der Waals surface area contributed by atoms with Crippen molar-refractivity contribution in [3.63, 3.8) is 0 Å². The van der Waals surface area contributed by atoms with Gasteiger partial charge in [-0.25, -0.2) is 0 Å². The standard InChI is InChI=1S/C15H30N4O2/c1-3-5-8-18(7-4-2)14(20)15(21)19-12-10-17(9-6-16)11-13-19/h3-13,16H2,1-2H3. The Hall–Kier alpha value is -1.14.